The number of carbonyl (C=O) groups excluding carboxylic acids is 3. The van der Waals surface area contributed by atoms with Crippen LogP contribution >= 0.6 is 0 Å². The lowest BCUT2D eigenvalue weighted by Gasteiger charge is -2.30. The molecule has 26 heavy (non-hydrogen) atoms. The minimum atomic E-state index is -1.09. The maximum atomic E-state index is 12.8. The summed E-state index contributed by atoms with van der Waals surface area (Å²) in [5, 5.41) is 2.24. The average molecular weight is 349 g/mol. The van der Waals surface area contributed by atoms with Crippen LogP contribution in [-0.2, 0) is 16.0 Å². The lowest BCUT2D eigenvalue weighted by molar-refractivity contribution is -0.131. The van der Waals surface area contributed by atoms with E-state index in [9.17, 15) is 14.4 Å². The zero-order valence-corrected chi connectivity index (χ0v) is 14.4. The average Bonchev–Trinajstić information content (AvgIpc) is 2.63. The Hall–Kier alpha value is -3.28. The number of carbonyl (C=O) groups is 3. The van der Waals surface area contributed by atoms with E-state index in [4.69, 9.17) is 0 Å². The molecule has 0 aromatic heterocycles. The Balaban J connectivity index is 1.76. The Bertz CT molecular complexity index is 847. The number of nitrogens with one attached hydrogen (secondary N) is 1. The zero-order chi connectivity index (χ0) is 18.5. The van der Waals surface area contributed by atoms with Crippen LogP contribution in [0, 0.1) is 5.92 Å². The molecular weight excluding hydrogens is 330 g/mol. The molecule has 3 rings (SSSR count). The van der Waals surface area contributed by atoms with E-state index in [1.54, 1.807) is 37.3 Å². The van der Waals surface area contributed by atoms with Crippen LogP contribution in [-0.4, -0.2) is 30.1 Å². The molecule has 0 aliphatic carbocycles. The Morgan fingerprint density at radius 3 is 2.27 bits per heavy atom. The Morgan fingerprint density at radius 2 is 1.62 bits per heavy atom. The largest absolute Gasteiger partial charge is 0.335 e. The van der Waals surface area contributed by atoms with Crippen molar-refractivity contribution in [2.75, 3.05) is 11.4 Å². The van der Waals surface area contributed by atoms with Gasteiger partial charge >= 0.3 is 6.03 Å². The number of urea groups is 1. The second kappa shape index (κ2) is 7.74. The highest BCUT2D eigenvalue weighted by molar-refractivity contribution is 6.35. The van der Waals surface area contributed by atoms with E-state index in [0.29, 0.717) is 24.4 Å². The fraction of sp³-hybridized carbons (Fsp3) is 0.200. The molecule has 4 amide bonds. The molecule has 1 fully saturated rings. The molecule has 1 aliphatic rings. The van der Waals surface area contributed by atoms with Gasteiger partial charge in [-0.2, -0.15) is 0 Å². The predicted octanol–water partition coefficient (Wildman–Crippen LogP) is 2.59. The van der Waals surface area contributed by atoms with Crippen LogP contribution in [0.25, 0.3) is 0 Å². The molecule has 2 aromatic rings. The Kier molecular flexibility index (Phi) is 5.22. The van der Waals surface area contributed by atoms with Crippen LogP contribution in [0.5, 0.6) is 0 Å². The van der Waals surface area contributed by atoms with Crippen molar-refractivity contribution in [3.63, 3.8) is 0 Å². The first kappa shape index (κ1) is 17.5. The van der Waals surface area contributed by atoms with Crippen molar-refractivity contribution in [3.8, 4) is 0 Å². The molecule has 2 aromatic carbocycles. The van der Waals surface area contributed by atoms with E-state index in [2.05, 4.69) is 10.3 Å². The summed E-state index contributed by atoms with van der Waals surface area (Å²) in [4.78, 5) is 42.5. The second-order valence-corrected chi connectivity index (χ2v) is 6.00. The van der Waals surface area contributed by atoms with Crippen LogP contribution in [0.15, 0.2) is 65.7 Å². The molecule has 1 atom stereocenters. The van der Waals surface area contributed by atoms with Gasteiger partial charge in [-0.05, 0) is 31.0 Å². The van der Waals surface area contributed by atoms with Gasteiger partial charge in [-0.1, -0.05) is 48.5 Å². The van der Waals surface area contributed by atoms with Crippen LogP contribution in [0.3, 0.4) is 0 Å². The number of nitrogens with zero attached hydrogens (tertiary/aromatic N) is 2. The summed E-state index contributed by atoms with van der Waals surface area (Å²) in [6.07, 6.45) is 0.710. The van der Waals surface area contributed by atoms with E-state index in [-0.39, 0.29) is 0 Å². The monoisotopic (exact) mass is 349 g/mol. The van der Waals surface area contributed by atoms with Crippen molar-refractivity contribution in [2.24, 2.45) is 10.9 Å². The highest BCUT2D eigenvalue weighted by Crippen LogP contribution is 2.21. The van der Waals surface area contributed by atoms with E-state index in [0.717, 1.165) is 10.5 Å². The third-order valence-electron chi connectivity index (χ3n) is 4.20. The zero-order valence-electron chi connectivity index (χ0n) is 14.4. The summed E-state index contributed by atoms with van der Waals surface area (Å²) in [6, 6.07) is 17.6. The summed E-state index contributed by atoms with van der Waals surface area (Å²) in [6.45, 7) is 2.11. The fourth-order valence-corrected chi connectivity index (χ4v) is 2.86. The molecule has 0 saturated carbocycles. The molecule has 0 spiro atoms. The van der Waals surface area contributed by atoms with Gasteiger partial charge in [-0.15, -0.1) is 0 Å². The standard InChI is InChI=1S/C20H19N3O3/c1-14(21-13-12-15-8-4-2-5-9-15)17-18(24)22-20(26)23(19(17)25)16-10-6-3-7-11-16/h2-11,17H,12-13H2,1H3,(H,22,24,26). The molecule has 6 heteroatoms. The Morgan fingerprint density at radius 1 is 1.00 bits per heavy atom. The van der Waals surface area contributed by atoms with Gasteiger partial charge in [0.1, 0.15) is 0 Å². The van der Waals surface area contributed by atoms with Crippen LogP contribution in [0.1, 0.15) is 12.5 Å². The lowest BCUT2D eigenvalue weighted by Crippen LogP contribution is -2.60. The molecule has 1 aliphatic heterocycles. The van der Waals surface area contributed by atoms with Gasteiger partial charge in [-0.25, -0.2) is 9.69 Å². The minimum Gasteiger partial charge on any atom is -0.293 e. The first-order chi connectivity index (χ1) is 12.6. The molecule has 1 heterocycles. The number of hydrogen-bond donors (Lipinski definition) is 1. The summed E-state index contributed by atoms with van der Waals surface area (Å²) in [5.41, 5.74) is 1.95. The number of para-hydroxylation sites is 1. The molecule has 1 unspecified atom stereocenters. The Labute approximate surface area is 151 Å². The minimum absolute atomic E-state index is 0.400. The highest BCUT2D eigenvalue weighted by atomic mass is 16.2. The molecule has 6 nitrogen and oxygen atoms in total. The lowest BCUT2D eigenvalue weighted by atomic mass is 9.99. The molecular formula is C20H19N3O3. The maximum absolute atomic E-state index is 12.8. The van der Waals surface area contributed by atoms with Crippen LogP contribution < -0.4 is 10.2 Å². The summed E-state index contributed by atoms with van der Waals surface area (Å²) < 4.78 is 0. The summed E-state index contributed by atoms with van der Waals surface area (Å²) in [5.74, 6) is -2.30. The van der Waals surface area contributed by atoms with Crippen molar-refractivity contribution < 1.29 is 14.4 Å². The van der Waals surface area contributed by atoms with Crippen molar-refractivity contribution in [3.05, 3.63) is 66.2 Å². The quantitative estimate of drug-likeness (QED) is 0.666. The molecule has 1 N–H and O–H groups in total. The number of hydrogen-bond acceptors (Lipinski definition) is 4. The topological polar surface area (TPSA) is 78.8 Å². The number of aliphatic imine (C=N–C) groups is 1. The third kappa shape index (κ3) is 3.69. The highest BCUT2D eigenvalue weighted by Gasteiger charge is 2.42. The molecule has 0 bridgehead atoms. The summed E-state index contributed by atoms with van der Waals surface area (Å²) in [7, 11) is 0. The van der Waals surface area contributed by atoms with Gasteiger partial charge in [0.25, 0.3) is 5.91 Å². The van der Waals surface area contributed by atoms with E-state index in [1.165, 1.54) is 0 Å². The fourth-order valence-electron chi connectivity index (χ4n) is 2.86. The van der Waals surface area contributed by atoms with Gasteiger partial charge in [0.05, 0.1) is 5.69 Å². The van der Waals surface area contributed by atoms with Gasteiger partial charge in [0.15, 0.2) is 5.92 Å². The molecule has 0 radical (unpaired) electrons. The van der Waals surface area contributed by atoms with E-state index >= 15 is 0 Å². The molecule has 1 saturated heterocycles. The number of benzene rings is 2. The molecule has 132 valence electrons. The van der Waals surface area contributed by atoms with E-state index < -0.39 is 23.8 Å². The normalized spacial score (nSPS) is 18.0. The number of rotatable bonds is 5. The van der Waals surface area contributed by atoms with Crippen molar-refractivity contribution >= 4 is 29.2 Å². The van der Waals surface area contributed by atoms with Crippen LogP contribution in [0.2, 0.25) is 0 Å². The number of amides is 4. The van der Waals surface area contributed by atoms with Gasteiger partial charge in [0, 0.05) is 12.3 Å². The maximum Gasteiger partial charge on any atom is 0.335 e. The predicted molar refractivity (Wildman–Crippen MR) is 99.1 cm³/mol. The first-order valence-electron chi connectivity index (χ1n) is 8.36. The van der Waals surface area contributed by atoms with Crippen molar-refractivity contribution in [2.45, 2.75) is 13.3 Å². The number of barbiturate groups is 1. The van der Waals surface area contributed by atoms with Gasteiger partial charge < -0.3 is 0 Å². The van der Waals surface area contributed by atoms with Gasteiger partial charge in [0.2, 0.25) is 5.91 Å². The van der Waals surface area contributed by atoms with Crippen LogP contribution in [0.4, 0.5) is 10.5 Å². The SMILES string of the molecule is CC(=NCCc1ccccc1)C1C(=O)NC(=O)N(c2ccccc2)C1=O. The van der Waals surface area contributed by atoms with Crippen molar-refractivity contribution in [1.82, 2.24) is 5.32 Å². The number of imide groups is 2. The third-order valence-corrected chi connectivity index (χ3v) is 4.20. The van der Waals surface area contributed by atoms with Crippen molar-refractivity contribution in [1.29, 1.82) is 0 Å². The second-order valence-electron chi connectivity index (χ2n) is 6.00. The van der Waals surface area contributed by atoms with E-state index in [1.807, 2.05) is 30.3 Å². The smallest absolute Gasteiger partial charge is 0.293 e. The summed E-state index contributed by atoms with van der Waals surface area (Å²) >= 11 is 0. The first-order valence-corrected chi connectivity index (χ1v) is 8.36. The van der Waals surface area contributed by atoms with Gasteiger partial charge in [-0.3, -0.25) is 19.9 Å². The number of anilines is 1.